The molecule has 0 spiro atoms. The van der Waals surface area contributed by atoms with E-state index < -0.39 is 17.6 Å². The Bertz CT molecular complexity index is 1270. The first-order valence-corrected chi connectivity index (χ1v) is 9.36. The van der Waals surface area contributed by atoms with Crippen LogP contribution in [0.5, 0.6) is 11.5 Å². The first-order chi connectivity index (χ1) is 14.3. The van der Waals surface area contributed by atoms with Crippen LogP contribution in [0.1, 0.15) is 15.4 Å². The predicted molar refractivity (Wildman–Crippen MR) is 103 cm³/mol. The molecule has 152 valence electrons. The lowest BCUT2D eigenvalue weighted by Gasteiger charge is -2.12. The average Bonchev–Trinajstić information content (AvgIpc) is 3.30. The number of aromatic carboxylic acids is 1. The van der Waals surface area contributed by atoms with Crippen molar-refractivity contribution in [2.75, 3.05) is 0 Å². The SMILES string of the molecule is Cc1nc(-c2ccc(Oc3ccc(F)cc3F)c(-c3nnnn3C)c2)sc1C(=O)O. The van der Waals surface area contributed by atoms with Crippen molar-refractivity contribution in [2.45, 2.75) is 6.92 Å². The smallest absolute Gasteiger partial charge is 0.347 e. The molecule has 4 rings (SSSR count). The summed E-state index contributed by atoms with van der Waals surface area (Å²) in [5.41, 5.74) is 1.44. The maximum absolute atomic E-state index is 14.1. The van der Waals surface area contributed by atoms with Gasteiger partial charge in [-0.2, -0.15) is 0 Å². The topological polar surface area (TPSA) is 103 Å². The Morgan fingerprint density at radius 1 is 1.17 bits per heavy atom. The van der Waals surface area contributed by atoms with Crippen LogP contribution >= 0.6 is 11.3 Å². The summed E-state index contributed by atoms with van der Waals surface area (Å²) in [4.78, 5) is 15.8. The second-order valence-corrected chi connectivity index (χ2v) is 7.25. The molecule has 0 aliphatic heterocycles. The average molecular weight is 429 g/mol. The Morgan fingerprint density at radius 3 is 2.57 bits per heavy atom. The Kier molecular flexibility index (Phi) is 4.96. The summed E-state index contributed by atoms with van der Waals surface area (Å²) < 4.78 is 34.4. The second kappa shape index (κ2) is 7.59. The van der Waals surface area contributed by atoms with Gasteiger partial charge < -0.3 is 9.84 Å². The molecule has 0 saturated heterocycles. The fourth-order valence-electron chi connectivity index (χ4n) is 2.78. The number of rotatable bonds is 5. The van der Waals surface area contributed by atoms with Crippen molar-refractivity contribution in [3.63, 3.8) is 0 Å². The van der Waals surface area contributed by atoms with E-state index in [4.69, 9.17) is 4.74 Å². The van der Waals surface area contributed by atoms with Crippen LogP contribution in [0.2, 0.25) is 0 Å². The summed E-state index contributed by atoms with van der Waals surface area (Å²) in [6, 6.07) is 7.89. The van der Waals surface area contributed by atoms with Gasteiger partial charge in [0.05, 0.1) is 11.3 Å². The summed E-state index contributed by atoms with van der Waals surface area (Å²) in [5, 5.41) is 21.1. The predicted octanol–water partition coefficient (Wildman–Crippen LogP) is 4.08. The van der Waals surface area contributed by atoms with Crippen molar-refractivity contribution in [3.8, 4) is 33.5 Å². The summed E-state index contributed by atoms with van der Waals surface area (Å²) in [6.45, 7) is 1.62. The highest BCUT2D eigenvalue weighted by molar-refractivity contribution is 7.17. The van der Waals surface area contributed by atoms with E-state index in [0.29, 0.717) is 27.7 Å². The Morgan fingerprint density at radius 2 is 1.93 bits per heavy atom. The lowest BCUT2D eigenvalue weighted by molar-refractivity contribution is 0.0701. The summed E-state index contributed by atoms with van der Waals surface area (Å²) >= 11 is 1.03. The van der Waals surface area contributed by atoms with Crippen LogP contribution in [0.15, 0.2) is 36.4 Å². The zero-order valence-electron chi connectivity index (χ0n) is 15.6. The fourth-order valence-corrected chi connectivity index (χ4v) is 3.68. The van der Waals surface area contributed by atoms with Gasteiger partial charge in [-0.3, -0.25) is 0 Å². The number of ether oxygens (including phenoxy) is 1. The molecule has 2 heterocycles. The fraction of sp³-hybridized carbons (Fsp3) is 0.105. The standard InChI is InChI=1S/C19H13F2N5O3S/c1-9-16(19(27)28)30-18(22-9)10-3-5-14(12(7-10)17-23-24-25-26(17)2)29-15-6-4-11(20)8-13(15)21/h3-8H,1-2H3,(H,27,28). The third kappa shape index (κ3) is 3.62. The van der Waals surface area contributed by atoms with Gasteiger partial charge in [0, 0.05) is 18.7 Å². The highest BCUT2D eigenvalue weighted by atomic mass is 32.1. The molecule has 2 aromatic heterocycles. The van der Waals surface area contributed by atoms with Crippen molar-refractivity contribution in [1.82, 2.24) is 25.2 Å². The van der Waals surface area contributed by atoms with Crippen molar-refractivity contribution in [3.05, 3.63) is 58.6 Å². The first kappa shape index (κ1) is 19.6. The highest BCUT2D eigenvalue weighted by Crippen LogP contribution is 2.38. The van der Waals surface area contributed by atoms with E-state index >= 15 is 0 Å². The number of aromatic nitrogens is 5. The lowest BCUT2D eigenvalue weighted by atomic mass is 10.1. The minimum Gasteiger partial charge on any atom is -0.477 e. The molecular weight excluding hydrogens is 416 g/mol. The summed E-state index contributed by atoms with van der Waals surface area (Å²) in [5.74, 6) is -2.24. The van der Waals surface area contributed by atoms with Crippen LogP contribution in [-0.4, -0.2) is 36.3 Å². The van der Waals surface area contributed by atoms with Gasteiger partial charge in [-0.15, -0.1) is 16.4 Å². The van der Waals surface area contributed by atoms with E-state index in [-0.39, 0.29) is 16.4 Å². The van der Waals surface area contributed by atoms with Crippen molar-refractivity contribution in [1.29, 1.82) is 0 Å². The zero-order chi connectivity index (χ0) is 21.4. The van der Waals surface area contributed by atoms with Gasteiger partial charge in [-0.25, -0.2) is 23.2 Å². The molecule has 0 atom stereocenters. The number of halogens is 2. The van der Waals surface area contributed by atoms with Crippen LogP contribution in [0.4, 0.5) is 8.78 Å². The number of aryl methyl sites for hydroxylation is 2. The molecule has 0 aliphatic carbocycles. The Labute approximate surface area is 172 Å². The number of tetrazole rings is 1. The van der Waals surface area contributed by atoms with E-state index in [0.717, 1.165) is 23.5 Å². The Balaban J connectivity index is 1.82. The van der Waals surface area contributed by atoms with Gasteiger partial charge in [-0.1, -0.05) is 0 Å². The number of hydrogen-bond donors (Lipinski definition) is 1. The van der Waals surface area contributed by atoms with E-state index in [1.807, 2.05) is 0 Å². The number of carboxylic acid groups (broad SMARTS) is 1. The van der Waals surface area contributed by atoms with Crippen LogP contribution in [0.25, 0.3) is 22.0 Å². The third-order valence-corrected chi connectivity index (χ3v) is 5.39. The van der Waals surface area contributed by atoms with Crippen molar-refractivity contribution >= 4 is 17.3 Å². The molecule has 4 aromatic rings. The molecule has 11 heteroatoms. The van der Waals surface area contributed by atoms with E-state index in [2.05, 4.69) is 20.5 Å². The zero-order valence-corrected chi connectivity index (χ0v) is 16.4. The molecule has 0 aliphatic rings. The number of carbonyl (C=O) groups is 1. The highest BCUT2D eigenvalue weighted by Gasteiger charge is 2.20. The molecule has 0 radical (unpaired) electrons. The molecule has 0 unspecified atom stereocenters. The minimum absolute atomic E-state index is 0.139. The maximum Gasteiger partial charge on any atom is 0.347 e. The number of thiazole rings is 1. The van der Waals surface area contributed by atoms with E-state index in [1.165, 1.54) is 10.7 Å². The molecule has 30 heavy (non-hydrogen) atoms. The first-order valence-electron chi connectivity index (χ1n) is 8.54. The molecule has 0 bridgehead atoms. The van der Waals surface area contributed by atoms with Gasteiger partial charge in [0.25, 0.3) is 0 Å². The van der Waals surface area contributed by atoms with Gasteiger partial charge in [0.1, 0.15) is 21.5 Å². The van der Waals surface area contributed by atoms with Crippen LogP contribution < -0.4 is 4.74 Å². The third-order valence-electron chi connectivity index (χ3n) is 4.19. The molecule has 0 amide bonds. The molecule has 2 aromatic carbocycles. The van der Waals surface area contributed by atoms with Gasteiger partial charge in [-0.05, 0) is 47.7 Å². The molecule has 0 saturated carbocycles. The van der Waals surface area contributed by atoms with Crippen LogP contribution in [-0.2, 0) is 7.05 Å². The molecule has 8 nitrogen and oxygen atoms in total. The molecular formula is C19H13F2N5O3S. The normalized spacial score (nSPS) is 10.9. The van der Waals surface area contributed by atoms with E-state index in [1.54, 1.807) is 32.2 Å². The number of benzene rings is 2. The number of hydrogen-bond acceptors (Lipinski definition) is 7. The summed E-state index contributed by atoms with van der Waals surface area (Å²) in [6.07, 6.45) is 0. The molecule has 1 N–H and O–H groups in total. The monoisotopic (exact) mass is 429 g/mol. The minimum atomic E-state index is -1.05. The van der Waals surface area contributed by atoms with Crippen LogP contribution in [0, 0.1) is 18.6 Å². The van der Waals surface area contributed by atoms with Gasteiger partial charge in [0.2, 0.25) is 0 Å². The Hall–Kier alpha value is -3.73. The largest absolute Gasteiger partial charge is 0.477 e. The summed E-state index contributed by atoms with van der Waals surface area (Å²) in [7, 11) is 1.63. The van der Waals surface area contributed by atoms with Crippen molar-refractivity contribution in [2.24, 2.45) is 7.05 Å². The lowest BCUT2D eigenvalue weighted by Crippen LogP contribution is -1.98. The molecule has 0 fully saturated rings. The second-order valence-electron chi connectivity index (χ2n) is 6.25. The van der Waals surface area contributed by atoms with Gasteiger partial charge >= 0.3 is 5.97 Å². The van der Waals surface area contributed by atoms with Crippen LogP contribution in [0.3, 0.4) is 0 Å². The number of nitrogens with zero attached hydrogens (tertiary/aromatic N) is 5. The van der Waals surface area contributed by atoms with Crippen molar-refractivity contribution < 1.29 is 23.4 Å². The van der Waals surface area contributed by atoms with E-state index in [9.17, 15) is 18.7 Å². The van der Waals surface area contributed by atoms with Gasteiger partial charge in [0.15, 0.2) is 17.4 Å². The maximum atomic E-state index is 14.1. The number of carboxylic acids is 1. The quantitative estimate of drug-likeness (QED) is 0.510.